The second kappa shape index (κ2) is 8.05. The zero-order valence-electron chi connectivity index (χ0n) is 18.3. The predicted octanol–water partition coefficient (Wildman–Crippen LogP) is 5.53. The monoisotopic (exact) mass is 455 g/mol. The lowest BCUT2D eigenvalue weighted by molar-refractivity contribution is -0.136. The van der Waals surface area contributed by atoms with Gasteiger partial charge in [-0.3, -0.25) is 4.79 Å². The number of benzene rings is 3. The van der Waals surface area contributed by atoms with Crippen LogP contribution in [0.15, 0.2) is 96.6 Å². The predicted molar refractivity (Wildman–Crippen MR) is 130 cm³/mol. The Balaban J connectivity index is 1.86. The Labute approximate surface area is 197 Å². The number of allylic oxidation sites excluding steroid dienone is 1. The van der Waals surface area contributed by atoms with Crippen molar-refractivity contribution < 1.29 is 14.3 Å². The largest absolute Gasteiger partial charge is 0.466 e. The molecule has 0 aromatic heterocycles. The van der Waals surface area contributed by atoms with Crippen LogP contribution in [0.25, 0.3) is 5.57 Å². The first kappa shape index (κ1) is 21.2. The molecule has 0 bridgehead atoms. The first-order valence-electron chi connectivity index (χ1n) is 10.7. The third-order valence-electron chi connectivity index (χ3n) is 6.52. The maximum absolute atomic E-state index is 14.0. The summed E-state index contributed by atoms with van der Waals surface area (Å²) in [5.74, 6) is -0.957. The minimum absolute atomic E-state index is 0.136. The van der Waals surface area contributed by atoms with Crippen molar-refractivity contribution in [2.75, 3.05) is 19.1 Å². The van der Waals surface area contributed by atoms with Gasteiger partial charge in [0.05, 0.1) is 7.11 Å². The highest BCUT2D eigenvalue weighted by atomic mass is 35.5. The van der Waals surface area contributed by atoms with Crippen molar-refractivity contribution in [3.05, 3.63) is 118 Å². The lowest BCUT2D eigenvalue weighted by atomic mass is 9.65. The zero-order valence-corrected chi connectivity index (χ0v) is 19.0. The van der Waals surface area contributed by atoms with Crippen LogP contribution in [0, 0.1) is 0 Å². The number of fused-ring (bicyclic) bond motifs is 2. The molecular weight excluding hydrogens is 434 g/mol. The fourth-order valence-corrected chi connectivity index (χ4v) is 5.15. The Hall–Kier alpha value is -3.63. The number of hydrogen-bond donors (Lipinski definition) is 0. The number of carbonyl (C=O) groups is 2. The molecule has 3 aromatic carbocycles. The van der Waals surface area contributed by atoms with E-state index in [1.807, 2.05) is 78.9 Å². The van der Waals surface area contributed by atoms with E-state index in [-0.39, 0.29) is 11.8 Å². The molecule has 0 fully saturated rings. The number of methoxy groups -OCH3 is 1. The quantitative estimate of drug-likeness (QED) is 0.487. The smallest absolute Gasteiger partial charge is 0.334 e. The van der Waals surface area contributed by atoms with Gasteiger partial charge in [-0.25, -0.2) is 4.79 Å². The van der Waals surface area contributed by atoms with E-state index in [0.717, 1.165) is 28.0 Å². The van der Waals surface area contributed by atoms with E-state index in [9.17, 15) is 9.59 Å². The molecule has 5 rings (SSSR count). The highest BCUT2D eigenvalue weighted by molar-refractivity contribution is 6.31. The number of hydrogen-bond acceptors (Lipinski definition) is 3. The summed E-state index contributed by atoms with van der Waals surface area (Å²) in [5, 5.41) is 0.529. The summed E-state index contributed by atoms with van der Waals surface area (Å²) < 4.78 is 5.17. The molecule has 0 N–H and O–H groups in total. The Morgan fingerprint density at radius 3 is 2.33 bits per heavy atom. The number of carbonyl (C=O) groups excluding carboxylic acids is 2. The second-order valence-corrected chi connectivity index (χ2v) is 8.70. The van der Waals surface area contributed by atoms with E-state index >= 15 is 0 Å². The number of amides is 1. The summed E-state index contributed by atoms with van der Waals surface area (Å²) in [6.07, 6.45) is 3.82. The van der Waals surface area contributed by atoms with Crippen molar-refractivity contribution in [1.29, 1.82) is 0 Å². The Kier molecular flexibility index (Phi) is 5.18. The van der Waals surface area contributed by atoms with Gasteiger partial charge in [-0.05, 0) is 41.0 Å². The lowest BCUT2D eigenvalue weighted by Gasteiger charge is -2.35. The molecule has 0 radical (unpaired) electrons. The number of likely N-dealkylation sites (N-methyl/N-ethyl adjacent to an activating group) is 1. The highest BCUT2D eigenvalue weighted by Crippen LogP contribution is 2.55. The second-order valence-electron chi connectivity index (χ2n) is 8.26. The first-order valence-corrected chi connectivity index (χ1v) is 11.1. The molecule has 4 nitrogen and oxygen atoms in total. The molecule has 0 unspecified atom stereocenters. The molecule has 1 aliphatic carbocycles. The van der Waals surface area contributed by atoms with Crippen molar-refractivity contribution in [3.8, 4) is 0 Å². The molecule has 33 heavy (non-hydrogen) atoms. The van der Waals surface area contributed by atoms with Crippen LogP contribution in [0.4, 0.5) is 5.69 Å². The maximum Gasteiger partial charge on any atom is 0.334 e. The van der Waals surface area contributed by atoms with E-state index in [2.05, 4.69) is 0 Å². The molecule has 164 valence electrons. The summed E-state index contributed by atoms with van der Waals surface area (Å²) in [7, 11) is 3.11. The van der Waals surface area contributed by atoms with Gasteiger partial charge in [-0.15, -0.1) is 0 Å². The van der Waals surface area contributed by atoms with Crippen molar-refractivity contribution in [1.82, 2.24) is 0 Å². The normalized spacial score (nSPS) is 21.5. The standard InChI is InChI=1S/C28H22ClNO3/c1-30-25-14-13-20(29)15-24(25)28(27(30)32)17-22(26(31)33-2)21(18-9-5-3-6-10-18)16-23(28)19-11-7-4-8-12-19/h3-17,21H,1-2H3/t21-,28+/m0/s1. The number of halogens is 1. The van der Waals surface area contributed by atoms with Gasteiger partial charge in [0.2, 0.25) is 5.91 Å². The molecule has 1 heterocycles. The number of nitrogens with zero attached hydrogens (tertiary/aromatic N) is 1. The highest BCUT2D eigenvalue weighted by Gasteiger charge is 2.54. The van der Waals surface area contributed by atoms with Gasteiger partial charge in [-0.1, -0.05) is 78.3 Å². The average Bonchev–Trinajstić information content (AvgIpc) is 3.06. The van der Waals surface area contributed by atoms with Gasteiger partial charge >= 0.3 is 5.97 Å². The van der Waals surface area contributed by atoms with Crippen LogP contribution >= 0.6 is 11.6 Å². The third kappa shape index (κ3) is 3.21. The summed E-state index contributed by atoms with van der Waals surface area (Å²) in [4.78, 5) is 28.6. The first-order chi connectivity index (χ1) is 16.0. The topological polar surface area (TPSA) is 46.6 Å². The van der Waals surface area contributed by atoms with E-state index in [1.165, 1.54) is 7.11 Å². The Bertz CT molecular complexity index is 1310. The summed E-state index contributed by atoms with van der Waals surface area (Å²) in [6.45, 7) is 0. The fraction of sp³-hybridized carbons (Fsp3) is 0.143. The van der Waals surface area contributed by atoms with Gasteiger partial charge in [-0.2, -0.15) is 0 Å². The molecular formula is C28H22ClNO3. The van der Waals surface area contributed by atoms with Crippen LogP contribution in [0.1, 0.15) is 22.6 Å². The van der Waals surface area contributed by atoms with Crippen molar-refractivity contribution in [3.63, 3.8) is 0 Å². The molecule has 1 amide bonds. The Morgan fingerprint density at radius 2 is 1.67 bits per heavy atom. The number of anilines is 1. The SMILES string of the molecule is COC(=O)C1=C[C@@]2(C(=O)N(C)c3ccc(Cl)cc32)C(c2ccccc2)=C[C@H]1c1ccccc1. The lowest BCUT2D eigenvalue weighted by Crippen LogP contribution is -2.41. The molecule has 2 aliphatic rings. The molecule has 0 saturated heterocycles. The van der Waals surface area contributed by atoms with E-state index in [0.29, 0.717) is 10.6 Å². The molecule has 0 saturated carbocycles. The molecule has 1 aliphatic heterocycles. The van der Waals surface area contributed by atoms with Gasteiger partial charge in [0.1, 0.15) is 5.41 Å². The average molecular weight is 456 g/mol. The van der Waals surface area contributed by atoms with E-state index in [1.54, 1.807) is 24.1 Å². The van der Waals surface area contributed by atoms with Crippen LogP contribution in [-0.2, 0) is 19.7 Å². The summed E-state index contributed by atoms with van der Waals surface area (Å²) in [5.41, 5.74) is 3.44. The van der Waals surface area contributed by atoms with Gasteiger partial charge in [0.15, 0.2) is 0 Å². The third-order valence-corrected chi connectivity index (χ3v) is 6.75. The minimum Gasteiger partial charge on any atom is -0.466 e. The van der Waals surface area contributed by atoms with Crippen LogP contribution in [0.2, 0.25) is 5.02 Å². The Morgan fingerprint density at radius 1 is 1.00 bits per heavy atom. The van der Waals surface area contributed by atoms with E-state index in [4.69, 9.17) is 16.3 Å². The summed E-state index contributed by atoms with van der Waals surface area (Å²) >= 11 is 6.40. The summed E-state index contributed by atoms with van der Waals surface area (Å²) in [6, 6.07) is 25.0. The van der Waals surface area contributed by atoms with Gasteiger partial charge < -0.3 is 9.64 Å². The fourth-order valence-electron chi connectivity index (χ4n) is 4.98. The maximum atomic E-state index is 14.0. The van der Waals surface area contributed by atoms with Crippen molar-refractivity contribution >= 4 is 34.7 Å². The van der Waals surface area contributed by atoms with E-state index < -0.39 is 11.4 Å². The van der Waals surface area contributed by atoms with Gasteiger partial charge in [0, 0.05) is 34.8 Å². The zero-order chi connectivity index (χ0) is 23.2. The molecule has 3 aromatic rings. The van der Waals surface area contributed by atoms with Crippen LogP contribution in [0.5, 0.6) is 0 Å². The van der Waals surface area contributed by atoms with Gasteiger partial charge in [0.25, 0.3) is 0 Å². The molecule has 1 spiro atoms. The van der Waals surface area contributed by atoms with Crippen molar-refractivity contribution in [2.24, 2.45) is 0 Å². The molecule has 5 heteroatoms. The number of esters is 1. The van der Waals surface area contributed by atoms with Crippen LogP contribution < -0.4 is 4.90 Å². The van der Waals surface area contributed by atoms with Crippen LogP contribution in [-0.4, -0.2) is 26.0 Å². The molecule has 2 atom stereocenters. The van der Waals surface area contributed by atoms with Crippen LogP contribution in [0.3, 0.4) is 0 Å². The number of ether oxygens (including phenoxy) is 1. The number of rotatable bonds is 3. The minimum atomic E-state index is -1.19. The van der Waals surface area contributed by atoms with Crippen molar-refractivity contribution in [2.45, 2.75) is 11.3 Å².